The van der Waals surface area contributed by atoms with Crippen molar-refractivity contribution in [3.05, 3.63) is 78.5 Å². The van der Waals surface area contributed by atoms with Crippen LogP contribution in [0, 0.1) is 6.92 Å². The highest BCUT2D eigenvalue weighted by Crippen LogP contribution is 2.23. The van der Waals surface area contributed by atoms with E-state index in [0.29, 0.717) is 5.69 Å². The van der Waals surface area contributed by atoms with Gasteiger partial charge in [0.15, 0.2) is 11.5 Å². The Balaban J connectivity index is 1.26. The molecule has 1 aliphatic rings. The Bertz CT molecular complexity index is 1160. The Kier molecular flexibility index (Phi) is 4.27. The molecule has 0 bridgehead atoms. The van der Waals surface area contributed by atoms with E-state index < -0.39 is 0 Å². The minimum atomic E-state index is -0.142. The first-order chi connectivity index (χ1) is 14.2. The molecule has 5 rings (SSSR count). The number of nitrogens with zero attached hydrogens (tertiary/aromatic N) is 5. The van der Waals surface area contributed by atoms with E-state index in [2.05, 4.69) is 30.8 Å². The van der Waals surface area contributed by atoms with Gasteiger partial charge < -0.3 is 14.6 Å². The first-order valence-electron chi connectivity index (χ1n) is 9.77. The van der Waals surface area contributed by atoms with Crippen molar-refractivity contribution in [3.63, 3.8) is 0 Å². The van der Waals surface area contributed by atoms with Gasteiger partial charge in [0.25, 0.3) is 5.91 Å². The fraction of sp³-hybridized carbons (Fsp3) is 0.227. The van der Waals surface area contributed by atoms with E-state index in [9.17, 15) is 4.79 Å². The van der Waals surface area contributed by atoms with Crippen LogP contribution in [-0.4, -0.2) is 44.2 Å². The molecule has 29 heavy (non-hydrogen) atoms. The number of aryl methyl sites for hydroxylation is 1. The molecule has 3 aromatic heterocycles. The number of rotatable bonds is 4. The van der Waals surface area contributed by atoms with Crippen LogP contribution in [0.25, 0.3) is 11.2 Å². The van der Waals surface area contributed by atoms with E-state index in [1.54, 1.807) is 10.7 Å². The molecule has 1 amide bonds. The lowest BCUT2D eigenvalue weighted by molar-refractivity contribution is 0.0935. The minimum absolute atomic E-state index is 0.0732. The van der Waals surface area contributed by atoms with E-state index >= 15 is 0 Å². The normalized spacial score (nSPS) is 16.4. The molecule has 1 saturated heterocycles. The summed E-state index contributed by atoms with van der Waals surface area (Å²) in [5.41, 5.74) is 3.63. The number of fused-ring (bicyclic) bond motifs is 1. The minimum Gasteiger partial charge on any atom is -0.353 e. The van der Waals surface area contributed by atoms with Gasteiger partial charge in [-0.2, -0.15) is 5.10 Å². The molecule has 0 spiro atoms. The molecule has 1 aromatic carbocycles. The number of aromatic nitrogens is 4. The summed E-state index contributed by atoms with van der Waals surface area (Å²) in [5.74, 6) is 0.814. The lowest BCUT2D eigenvalue weighted by Gasteiger charge is -2.18. The number of hydrogen-bond donors (Lipinski definition) is 1. The molecule has 4 heterocycles. The molecular weight excluding hydrogens is 364 g/mol. The third kappa shape index (κ3) is 3.35. The topological polar surface area (TPSA) is 67.5 Å². The van der Waals surface area contributed by atoms with Crippen LogP contribution >= 0.6 is 0 Å². The lowest BCUT2D eigenvalue weighted by atomic mass is 10.2. The van der Waals surface area contributed by atoms with Gasteiger partial charge in [-0.25, -0.2) is 9.67 Å². The number of benzene rings is 1. The van der Waals surface area contributed by atoms with Gasteiger partial charge in [0.1, 0.15) is 0 Å². The van der Waals surface area contributed by atoms with Crippen LogP contribution in [0.3, 0.4) is 0 Å². The van der Waals surface area contributed by atoms with Crippen LogP contribution in [0.5, 0.6) is 0 Å². The van der Waals surface area contributed by atoms with Gasteiger partial charge in [-0.3, -0.25) is 4.79 Å². The number of anilines is 1. The molecule has 146 valence electrons. The monoisotopic (exact) mass is 386 g/mol. The van der Waals surface area contributed by atoms with Crippen molar-refractivity contribution < 1.29 is 4.79 Å². The fourth-order valence-corrected chi connectivity index (χ4v) is 3.81. The standard InChI is InChI=1S/C22H22N6O/c1-16-4-6-18(7-5-16)28-13-9-19(25-28)22(29)24-17-8-12-27(15-17)21-20-3-2-11-26(20)14-10-23-21/h2-7,9-11,13-14,17H,8,12,15H2,1H3,(H,24,29)/t17-/m0/s1. The second-order valence-corrected chi connectivity index (χ2v) is 7.44. The summed E-state index contributed by atoms with van der Waals surface area (Å²) in [6, 6.07) is 14.0. The van der Waals surface area contributed by atoms with Gasteiger partial charge in [0.05, 0.1) is 11.2 Å². The molecule has 0 aliphatic carbocycles. The number of carbonyl (C=O) groups is 1. The molecular formula is C22H22N6O. The van der Waals surface area contributed by atoms with Crippen LogP contribution in [0.15, 0.2) is 67.3 Å². The number of amides is 1. The molecule has 0 saturated carbocycles. The van der Waals surface area contributed by atoms with Crippen molar-refractivity contribution in [1.82, 2.24) is 24.5 Å². The molecule has 7 heteroatoms. The molecule has 1 atom stereocenters. The van der Waals surface area contributed by atoms with E-state index in [-0.39, 0.29) is 11.9 Å². The van der Waals surface area contributed by atoms with Gasteiger partial charge in [0, 0.05) is 43.9 Å². The van der Waals surface area contributed by atoms with E-state index in [1.807, 2.05) is 62.0 Å². The van der Waals surface area contributed by atoms with Crippen molar-refractivity contribution in [2.75, 3.05) is 18.0 Å². The first-order valence-corrected chi connectivity index (χ1v) is 9.77. The molecule has 4 aromatic rings. The highest BCUT2D eigenvalue weighted by atomic mass is 16.2. The van der Waals surface area contributed by atoms with Gasteiger partial charge in [-0.1, -0.05) is 17.7 Å². The molecule has 1 N–H and O–H groups in total. The Hall–Kier alpha value is -3.61. The predicted molar refractivity (Wildman–Crippen MR) is 112 cm³/mol. The van der Waals surface area contributed by atoms with Gasteiger partial charge in [-0.15, -0.1) is 0 Å². The van der Waals surface area contributed by atoms with Gasteiger partial charge in [-0.05, 0) is 43.7 Å². The second kappa shape index (κ2) is 7.09. The number of carbonyl (C=O) groups excluding carboxylic acids is 1. The second-order valence-electron chi connectivity index (χ2n) is 7.44. The molecule has 7 nitrogen and oxygen atoms in total. The highest BCUT2D eigenvalue weighted by Gasteiger charge is 2.27. The van der Waals surface area contributed by atoms with Crippen LogP contribution in [0.4, 0.5) is 5.82 Å². The Labute approximate surface area is 168 Å². The summed E-state index contributed by atoms with van der Waals surface area (Å²) in [6.07, 6.45) is 8.47. The molecule has 1 aliphatic heterocycles. The summed E-state index contributed by atoms with van der Waals surface area (Å²) in [7, 11) is 0. The SMILES string of the molecule is Cc1ccc(-n2ccc(C(=O)N[C@H]3CCN(c4nccn5cccc45)C3)n2)cc1. The molecule has 0 unspecified atom stereocenters. The summed E-state index contributed by atoms with van der Waals surface area (Å²) in [6.45, 7) is 3.64. The number of nitrogens with one attached hydrogen (secondary N) is 1. The Morgan fingerprint density at radius 2 is 1.97 bits per heavy atom. The van der Waals surface area contributed by atoms with Gasteiger partial charge >= 0.3 is 0 Å². The van der Waals surface area contributed by atoms with Crippen molar-refractivity contribution in [2.24, 2.45) is 0 Å². The fourth-order valence-electron chi connectivity index (χ4n) is 3.81. The third-order valence-corrected chi connectivity index (χ3v) is 5.38. The number of hydrogen-bond acceptors (Lipinski definition) is 4. The summed E-state index contributed by atoms with van der Waals surface area (Å²) < 4.78 is 3.79. The first kappa shape index (κ1) is 17.5. The van der Waals surface area contributed by atoms with E-state index in [1.165, 1.54) is 5.56 Å². The zero-order chi connectivity index (χ0) is 19.8. The van der Waals surface area contributed by atoms with Crippen LogP contribution in [-0.2, 0) is 0 Å². The predicted octanol–water partition coefficient (Wildman–Crippen LogP) is 2.84. The highest BCUT2D eigenvalue weighted by molar-refractivity contribution is 5.92. The maximum atomic E-state index is 12.7. The largest absolute Gasteiger partial charge is 0.353 e. The van der Waals surface area contributed by atoms with Crippen molar-refractivity contribution >= 4 is 17.2 Å². The molecule has 1 fully saturated rings. The van der Waals surface area contributed by atoms with Crippen LogP contribution in [0.1, 0.15) is 22.5 Å². The zero-order valence-electron chi connectivity index (χ0n) is 16.2. The maximum Gasteiger partial charge on any atom is 0.272 e. The Morgan fingerprint density at radius 1 is 1.10 bits per heavy atom. The zero-order valence-corrected chi connectivity index (χ0v) is 16.2. The maximum absolute atomic E-state index is 12.7. The summed E-state index contributed by atoms with van der Waals surface area (Å²) >= 11 is 0. The average molecular weight is 386 g/mol. The van der Waals surface area contributed by atoms with E-state index in [4.69, 9.17) is 0 Å². The van der Waals surface area contributed by atoms with Gasteiger partial charge in [0.2, 0.25) is 0 Å². The van der Waals surface area contributed by atoms with Crippen molar-refractivity contribution in [2.45, 2.75) is 19.4 Å². The van der Waals surface area contributed by atoms with Crippen LogP contribution in [0.2, 0.25) is 0 Å². The molecule has 0 radical (unpaired) electrons. The lowest BCUT2D eigenvalue weighted by Crippen LogP contribution is -2.37. The third-order valence-electron chi connectivity index (χ3n) is 5.38. The van der Waals surface area contributed by atoms with Crippen LogP contribution < -0.4 is 10.2 Å². The van der Waals surface area contributed by atoms with Crippen molar-refractivity contribution in [1.29, 1.82) is 0 Å². The summed E-state index contributed by atoms with van der Waals surface area (Å²) in [5, 5.41) is 7.56. The van der Waals surface area contributed by atoms with E-state index in [0.717, 1.165) is 36.5 Å². The quantitative estimate of drug-likeness (QED) is 0.586. The summed E-state index contributed by atoms with van der Waals surface area (Å²) in [4.78, 5) is 19.5. The Morgan fingerprint density at radius 3 is 2.83 bits per heavy atom. The smallest absolute Gasteiger partial charge is 0.272 e. The van der Waals surface area contributed by atoms with Crippen molar-refractivity contribution in [3.8, 4) is 5.69 Å². The average Bonchev–Trinajstić information content (AvgIpc) is 3.48.